The number of carbonyl (C=O) groups excluding carboxylic acids is 1. The Balaban J connectivity index is 2.02. The fourth-order valence-electron chi connectivity index (χ4n) is 2.02. The lowest BCUT2D eigenvalue weighted by atomic mass is 10.0. The second kappa shape index (κ2) is 4.47. The van der Waals surface area contributed by atoms with Crippen molar-refractivity contribution in [3.05, 3.63) is 35.1 Å². The highest BCUT2D eigenvalue weighted by Gasteiger charge is 2.40. The molecule has 1 N–H and O–H groups in total. The molecule has 92 valence electrons. The predicted octanol–water partition coefficient (Wildman–Crippen LogP) is 3.05. The molecule has 0 spiro atoms. The van der Waals surface area contributed by atoms with E-state index in [4.69, 9.17) is 0 Å². The highest BCUT2D eigenvalue weighted by atomic mass is 19.1. The Morgan fingerprint density at radius 3 is 2.76 bits per heavy atom. The molecule has 0 aromatic heterocycles. The van der Waals surface area contributed by atoms with E-state index in [2.05, 4.69) is 12.2 Å². The van der Waals surface area contributed by atoms with Crippen LogP contribution in [0, 0.1) is 18.2 Å². The minimum absolute atomic E-state index is 0.150. The largest absolute Gasteiger partial charge is 0.351 e. The smallest absolute Gasteiger partial charge is 0.254 e. The molecule has 2 rings (SSSR count). The van der Waals surface area contributed by atoms with Crippen molar-refractivity contribution < 1.29 is 9.18 Å². The topological polar surface area (TPSA) is 29.1 Å². The Labute approximate surface area is 101 Å². The van der Waals surface area contributed by atoms with Crippen molar-refractivity contribution in [3.8, 4) is 0 Å². The van der Waals surface area contributed by atoms with Gasteiger partial charge in [-0.3, -0.25) is 4.79 Å². The summed E-state index contributed by atoms with van der Waals surface area (Å²) in [4.78, 5) is 11.9. The lowest BCUT2D eigenvalue weighted by Gasteiger charge is -2.13. The number of nitrogens with one attached hydrogen (secondary N) is 1. The molecule has 0 bridgehead atoms. The van der Waals surface area contributed by atoms with Gasteiger partial charge in [-0.15, -0.1) is 0 Å². The Hall–Kier alpha value is -1.38. The lowest BCUT2D eigenvalue weighted by molar-refractivity contribution is 0.0940. The van der Waals surface area contributed by atoms with Crippen LogP contribution in [0.3, 0.4) is 0 Å². The molecule has 2 nitrogen and oxygen atoms in total. The van der Waals surface area contributed by atoms with Crippen molar-refractivity contribution in [1.82, 2.24) is 5.32 Å². The number of rotatable bonds is 4. The van der Waals surface area contributed by atoms with E-state index in [0.29, 0.717) is 12.1 Å². The molecular formula is C14H18FNO. The van der Waals surface area contributed by atoms with Gasteiger partial charge < -0.3 is 5.32 Å². The molecule has 0 radical (unpaired) electrons. The Bertz CT molecular complexity index is 438. The van der Waals surface area contributed by atoms with Crippen LogP contribution in [0.15, 0.2) is 18.2 Å². The summed E-state index contributed by atoms with van der Waals surface area (Å²) >= 11 is 0. The first-order chi connectivity index (χ1) is 8.08. The van der Waals surface area contributed by atoms with E-state index >= 15 is 0 Å². The van der Waals surface area contributed by atoms with E-state index in [1.54, 1.807) is 19.1 Å². The van der Waals surface area contributed by atoms with E-state index in [0.717, 1.165) is 6.42 Å². The molecule has 3 heteroatoms. The number of hydrogen-bond acceptors (Lipinski definition) is 1. The number of benzene rings is 1. The van der Waals surface area contributed by atoms with Gasteiger partial charge in [-0.05, 0) is 43.2 Å². The van der Waals surface area contributed by atoms with Gasteiger partial charge >= 0.3 is 0 Å². The Morgan fingerprint density at radius 1 is 1.47 bits per heavy atom. The van der Waals surface area contributed by atoms with Crippen LogP contribution in [0.1, 0.15) is 42.1 Å². The first-order valence-corrected chi connectivity index (χ1v) is 6.11. The Morgan fingerprint density at radius 2 is 2.18 bits per heavy atom. The zero-order valence-electron chi connectivity index (χ0n) is 10.3. The van der Waals surface area contributed by atoms with Gasteiger partial charge in [0.15, 0.2) is 0 Å². The van der Waals surface area contributed by atoms with Gasteiger partial charge in [-0.25, -0.2) is 4.39 Å². The Kier molecular flexibility index (Phi) is 3.18. The zero-order valence-corrected chi connectivity index (χ0v) is 10.3. The number of aryl methyl sites for hydroxylation is 1. The van der Waals surface area contributed by atoms with Crippen molar-refractivity contribution in [2.75, 3.05) is 6.54 Å². The van der Waals surface area contributed by atoms with Crippen LogP contribution < -0.4 is 5.32 Å². The van der Waals surface area contributed by atoms with E-state index < -0.39 is 5.82 Å². The van der Waals surface area contributed by atoms with Gasteiger partial charge in [-0.1, -0.05) is 19.1 Å². The van der Waals surface area contributed by atoms with Crippen LogP contribution in [0.4, 0.5) is 4.39 Å². The van der Waals surface area contributed by atoms with E-state index in [1.165, 1.54) is 18.9 Å². The van der Waals surface area contributed by atoms with Crippen LogP contribution >= 0.6 is 0 Å². The maximum atomic E-state index is 13.7. The molecule has 1 amide bonds. The van der Waals surface area contributed by atoms with Crippen molar-refractivity contribution in [1.29, 1.82) is 0 Å². The third kappa shape index (κ3) is 2.48. The van der Waals surface area contributed by atoms with Gasteiger partial charge in [-0.2, -0.15) is 0 Å². The third-order valence-corrected chi connectivity index (χ3v) is 3.77. The van der Waals surface area contributed by atoms with E-state index in [-0.39, 0.29) is 16.9 Å². The predicted molar refractivity (Wildman–Crippen MR) is 65.4 cm³/mol. The average molecular weight is 235 g/mol. The first-order valence-electron chi connectivity index (χ1n) is 6.11. The third-order valence-electron chi connectivity index (χ3n) is 3.77. The first kappa shape index (κ1) is 12.1. The minimum Gasteiger partial charge on any atom is -0.351 e. The molecule has 17 heavy (non-hydrogen) atoms. The van der Waals surface area contributed by atoms with E-state index in [1.807, 2.05) is 0 Å². The highest BCUT2D eigenvalue weighted by Crippen LogP contribution is 2.47. The zero-order chi connectivity index (χ0) is 12.5. The SMILES string of the molecule is CCC1(CNC(=O)c2cccc(C)c2F)CC1. The summed E-state index contributed by atoms with van der Waals surface area (Å²) in [5.41, 5.74) is 0.946. The van der Waals surface area contributed by atoms with Gasteiger partial charge in [0.2, 0.25) is 0 Å². The molecule has 1 aliphatic rings. The molecule has 0 heterocycles. The highest BCUT2D eigenvalue weighted by molar-refractivity contribution is 5.94. The lowest BCUT2D eigenvalue weighted by Crippen LogP contribution is -2.30. The molecule has 0 aliphatic heterocycles. The average Bonchev–Trinajstić information content (AvgIpc) is 3.10. The van der Waals surface area contributed by atoms with Gasteiger partial charge in [0.1, 0.15) is 5.82 Å². The van der Waals surface area contributed by atoms with Crippen LogP contribution in [-0.2, 0) is 0 Å². The van der Waals surface area contributed by atoms with Crippen molar-refractivity contribution in [2.45, 2.75) is 33.1 Å². The second-order valence-electron chi connectivity index (χ2n) is 4.97. The molecule has 1 aliphatic carbocycles. The molecular weight excluding hydrogens is 217 g/mol. The summed E-state index contributed by atoms with van der Waals surface area (Å²) in [7, 11) is 0. The summed E-state index contributed by atoms with van der Waals surface area (Å²) in [5.74, 6) is -0.711. The van der Waals surface area contributed by atoms with Crippen molar-refractivity contribution in [2.24, 2.45) is 5.41 Å². The number of halogens is 1. The second-order valence-corrected chi connectivity index (χ2v) is 4.97. The quantitative estimate of drug-likeness (QED) is 0.853. The number of amides is 1. The molecule has 1 aromatic rings. The van der Waals surface area contributed by atoms with Crippen molar-refractivity contribution in [3.63, 3.8) is 0 Å². The molecule has 0 unspecified atom stereocenters. The summed E-state index contributed by atoms with van der Waals surface area (Å²) in [6.45, 7) is 4.46. The summed E-state index contributed by atoms with van der Waals surface area (Å²) < 4.78 is 13.7. The normalized spacial score (nSPS) is 16.6. The van der Waals surface area contributed by atoms with Gasteiger partial charge in [0, 0.05) is 6.54 Å². The molecule has 1 aromatic carbocycles. The molecule has 1 saturated carbocycles. The maximum Gasteiger partial charge on any atom is 0.254 e. The summed E-state index contributed by atoms with van der Waals surface area (Å²) in [5, 5.41) is 2.84. The fourth-order valence-corrected chi connectivity index (χ4v) is 2.02. The molecule has 1 fully saturated rings. The number of hydrogen-bond donors (Lipinski definition) is 1. The van der Waals surface area contributed by atoms with Crippen LogP contribution in [0.5, 0.6) is 0 Å². The van der Waals surface area contributed by atoms with Crippen LogP contribution in [-0.4, -0.2) is 12.5 Å². The maximum absolute atomic E-state index is 13.7. The summed E-state index contributed by atoms with van der Waals surface area (Å²) in [6.07, 6.45) is 3.41. The fraction of sp³-hybridized carbons (Fsp3) is 0.500. The number of carbonyl (C=O) groups is 1. The van der Waals surface area contributed by atoms with Crippen LogP contribution in [0.2, 0.25) is 0 Å². The van der Waals surface area contributed by atoms with Gasteiger partial charge in [0.25, 0.3) is 5.91 Å². The molecule has 0 atom stereocenters. The van der Waals surface area contributed by atoms with E-state index in [9.17, 15) is 9.18 Å². The van der Waals surface area contributed by atoms with Crippen LogP contribution in [0.25, 0.3) is 0 Å². The molecule has 0 saturated heterocycles. The summed E-state index contributed by atoms with van der Waals surface area (Å²) in [6, 6.07) is 4.91. The van der Waals surface area contributed by atoms with Crippen molar-refractivity contribution >= 4 is 5.91 Å². The minimum atomic E-state index is -0.411. The monoisotopic (exact) mass is 235 g/mol. The standard InChI is InChI=1S/C14H18FNO/c1-3-14(7-8-14)9-16-13(17)11-6-4-5-10(2)12(11)15/h4-6H,3,7-9H2,1-2H3,(H,16,17). The van der Waals surface area contributed by atoms with Gasteiger partial charge in [0.05, 0.1) is 5.56 Å².